The van der Waals surface area contributed by atoms with Crippen LogP contribution in [0.1, 0.15) is 0 Å². The Balaban J connectivity index is 1.83. The molecule has 0 saturated carbocycles. The molecule has 7 rings (SSSR count). The lowest BCUT2D eigenvalue weighted by Gasteiger charge is -1.97. The van der Waals surface area contributed by atoms with Crippen LogP contribution in [-0.4, -0.2) is 28.7 Å². The van der Waals surface area contributed by atoms with E-state index in [-0.39, 0.29) is 17.1 Å². The van der Waals surface area contributed by atoms with Crippen LogP contribution in [0.25, 0.3) is 49.4 Å². The maximum Gasteiger partial charge on any atom is 0.267 e. The van der Waals surface area contributed by atoms with Crippen LogP contribution in [0.2, 0.25) is 0 Å². The van der Waals surface area contributed by atoms with Gasteiger partial charge >= 0.3 is 0 Å². The van der Waals surface area contributed by atoms with Gasteiger partial charge in [0.05, 0.1) is 68.0 Å². The van der Waals surface area contributed by atoms with Gasteiger partial charge in [-0.1, -0.05) is 0 Å². The molecule has 0 bridgehead atoms. The summed E-state index contributed by atoms with van der Waals surface area (Å²) in [5.74, 6) is 0. The Labute approximate surface area is 214 Å². The van der Waals surface area contributed by atoms with Crippen LogP contribution in [0.3, 0.4) is 0 Å². The first-order valence-electron chi connectivity index (χ1n) is 11.5. The summed E-state index contributed by atoms with van der Waals surface area (Å²) in [5, 5.41) is -2.52. The van der Waals surface area contributed by atoms with Crippen LogP contribution >= 0.6 is 0 Å². The van der Waals surface area contributed by atoms with E-state index in [1.54, 1.807) is 0 Å². The highest BCUT2D eigenvalue weighted by Crippen LogP contribution is 2.27. The highest BCUT2D eigenvalue weighted by molar-refractivity contribution is 6.25. The van der Waals surface area contributed by atoms with Gasteiger partial charge in [0.25, 0.3) is 33.4 Å². The molecule has 0 unspecified atom stereocenters. The Bertz CT molecular complexity index is 2020. The standard InChI is InChI=1S/C27H12N6O6/c34-22-16-17(23(35)31(22)13-4-1-7-28-10-13)19-21(27(39)33(25(19)37)15-6-3-9-30-12-15)20-18(16)24(36)32(26(20)38)14-5-2-8-29-11-14/h1-12H. The minimum absolute atomic E-state index is 0.0907. The highest BCUT2D eigenvalue weighted by atomic mass is 16.2. The molecule has 0 saturated heterocycles. The van der Waals surface area contributed by atoms with Gasteiger partial charge in [0, 0.05) is 18.6 Å². The highest BCUT2D eigenvalue weighted by Gasteiger charge is 2.31. The zero-order valence-corrected chi connectivity index (χ0v) is 19.6. The molecule has 7 aromatic rings. The van der Waals surface area contributed by atoms with Gasteiger partial charge in [0.1, 0.15) is 0 Å². The number of nitrogens with zero attached hydrogens (tertiary/aromatic N) is 6. The van der Waals surface area contributed by atoms with Crippen molar-refractivity contribution in [2.45, 2.75) is 0 Å². The molecular weight excluding hydrogens is 504 g/mol. The molecule has 0 aliphatic rings. The average molecular weight is 516 g/mol. The summed E-state index contributed by atoms with van der Waals surface area (Å²) in [6.07, 6.45) is 8.14. The molecule has 6 aromatic heterocycles. The van der Waals surface area contributed by atoms with Gasteiger partial charge < -0.3 is 0 Å². The van der Waals surface area contributed by atoms with E-state index < -0.39 is 65.7 Å². The van der Waals surface area contributed by atoms with Crippen molar-refractivity contribution in [3.63, 3.8) is 0 Å². The van der Waals surface area contributed by atoms with E-state index in [0.717, 1.165) is 13.7 Å². The van der Waals surface area contributed by atoms with Crippen LogP contribution in [-0.2, 0) is 0 Å². The minimum atomic E-state index is -0.920. The van der Waals surface area contributed by atoms with Crippen LogP contribution in [0.5, 0.6) is 0 Å². The van der Waals surface area contributed by atoms with E-state index in [4.69, 9.17) is 0 Å². The minimum Gasteiger partial charge on any atom is -0.268 e. The fourth-order valence-corrected chi connectivity index (χ4v) is 5.14. The van der Waals surface area contributed by atoms with E-state index in [1.807, 2.05) is 0 Å². The number of pyridine rings is 3. The van der Waals surface area contributed by atoms with Crippen molar-refractivity contribution in [1.82, 2.24) is 28.7 Å². The summed E-state index contributed by atoms with van der Waals surface area (Å²) in [6, 6.07) is 8.89. The van der Waals surface area contributed by atoms with Gasteiger partial charge in [-0.2, -0.15) is 0 Å². The van der Waals surface area contributed by atoms with Gasteiger partial charge in [-0.05, 0) is 36.4 Å². The third-order valence-electron chi connectivity index (χ3n) is 6.71. The molecule has 186 valence electrons. The summed E-state index contributed by atoms with van der Waals surface area (Å²) in [7, 11) is 0. The molecule has 12 heteroatoms. The lowest BCUT2D eigenvalue weighted by atomic mass is 10.0. The first kappa shape index (κ1) is 22.3. The van der Waals surface area contributed by atoms with Crippen molar-refractivity contribution in [3.8, 4) is 17.1 Å². The molecule has 0 spiro atoms. The molecule has 0 amide bonds. The van der Waals surface area contributed by atoms with Crippen molar-refractivity contribution < 1.29 is 0 Å². The normalized spacial score (nSPS) is 11.7. The lowest BCUT2D eigenvalue weighted by molar-refractivity contribution is 0.975. The number of aromatic nitrogens is 6. The molecule has 12 nitrogen and oxygen atoms in total. The first-order chi connectivity index (χ1) is 18.9. The number of hydrogen-bond acceptors (Lipinski definition) is 9. The first-order valence-corrected chi connectivity index (χ1v) is 11.5. The van der Waals surface area contributed by atoms with Crippen LogP contribution in [0, 0.1) is 0 Å². The summed E-state index contributed by atoms with van der Waals surface area (Å²) in [6.45, 7) is 0. The Morgan fingerprint density at radius 1 is 0.385 bits per heavy atom. The molecular formula is C27H12N6O6. The largest absolute Gasteiger partial charge is 0.268 e. The second kappa shape index (κ2) is 7.79. The Hall–Kier alpha value is -5.91. The van der Waals surface area contributed by atoms with Crippen LogP contribution < -0.4 is 33.4 Å². The fourth-order valence-electron chi connectivity index (χ4n) is 5.14. The molecule has 1 aromatic carbocycles. The van der Waals surface area contributed by atoms with E-state index in [9.17, 15) is 28.8 Å². The second-order valence-electron chi connectivity index (χ2n) is 8.72. The topological polar surface area (TPSA) is 156 Å². The van der Waals surface area contributed by atoms with Crippen molar-refractivity contribution in [2.24, 2.45) is 0 Å². The monoisotopic (exact) mass is 516 g/mol. The Morgan fingerprint density at radius 2 is 0.615 bits per heavy atom. The smallest absolute Gasteiger partial charge is 0.267 e. The van der Waals surface area contributed by atoms with Crippen molar-refractivity contribution in [3.05, 3.63) is 136 Å². The van der Waals surface area contributed by atoms with Crippen LogP contribution in [0.4, 0.5) is 0 Å². The third-order valence-corrected chi connectivity index (χ3v) is 6.71. The fraction of sp³-hybridized carbons (Fsp3) is 0. The number of fused-ring (bicyclic) bond motifs is 6. The number of hydrogen-bond donors (Lipinski definition) is 0. The average Bonchev–Trinajstić information content (AvgIpc) is 3.48. The van der Waals surface area contributed by atoms with E-state index in [1.165, 1.54) is 73.6 Å². The maximum absolute atomic E-state index is 13.8. The quantitative estimate of drug-likeness (QED) is 0.320. The van der Waals surface area contributed by atoms with Gasteiger partial charge in [-0.3, -0.25) is 43.7 Å². The Kier molecular flexibility index (Phi) is 4.46. The predicted octanol–water partition coefficient (Wildman–Crippen LogP) is 0.178. The molecule has 0 aliphatic heterocycles. The molecule has 6 heterocycles. The van der Waals surface area contributed by atoms with Gasteiger partial charge in [0.2, 0.25) is 0 Å². The summed E-state index contributed by atoms with van der Waals surface area (Å²) in [5.41, 5.74) is -5.25. The number of benzene rings is 1. The van der Waals surface area contributed by atoms with Crippen molar-refractivity contribution >= 4 is 32.3 Å². The SMILES string of the molecule is O=c1c2c3c(=O)n(-c4cccnc4)c(=O)c3c3c(=O)n(-c4cccnc4)c(=O)c3c2c(=O)n1-c1cccnc1. The van der Waals surface area contributed by atoms with E-state index >= 15 is 0 Å². The van der Waals surface area contributed by atoms with E-state index in [0.29, 0.717) is 0 Å². The summed E-state index contributed by atoms with van der Waals surface area (Å²) in [4.78, 5) is 94.4. The van der Waals surface area contributed by atoms with Crippen molar-refractivity contribution in [1.29, 1.82) is 0 Å². The summed E-state index contributed by atoms with van der Waals surface area (Å²) < 4.78 is 2.31. The maximum atomic E-state index is 13.8. The Morgan fingerprint density at radius 3 is 0.795 bits per heavy atom. The van der Waals surface area contributed by atoms with Gasteiger partial charge in [-0.25, -0.2) is 13.7 Å². The molecule has 0 N–H and O–H groups in total. The predicted molar refractivity (Wildman–Crippen MR) is 142 cm³/mol. The molecule has 0 radical (unpaired) electrons. The zero-order chi connectivity index (χ0) is 27.0. The second-order valence-corrected chi connectivity index (χ2v) is 8.72. The lowest BCUT2D eigenvalue weighted by Crippen LogP contribution is -2.24. The number of rotatable bonds is 3. The summed E-state index contributed by atoms with van der Waals surface area (Å²) >= 11 is 0. The van der Waals surface area contributed by atoms with E-state index in [2.05, 4.69) is 15.0 Å². The van der Waals surface area contributed by atoms with Gasteiger partial charge in [-0.15, -0.1) is 0 Å². The van der Waals surface area contributed by atoms with Crippen molar-refractivity contribution in [2.75, 3.05) is 0 Å². The molecule has 0 atom stereocenters. The van der Waals surface area contributed by atoms with Gasteiger partial charge in [0.15, 0.2) is 0 Å². The molecule has 0 fully saturated rings. The third kappa shape index (κ3) is 2.79. The zero-order valence-electron chi connectivity index (χ0n) is 19.6. The van der Waals surface area contributed by atoms with Crippen LogP contribution in [0.15, 0.2) is 102 Å². The molecule has 39 heavy (non-hydrogen) atoms. The molecule has 0 aliphatic carbocycles.